The molecule has 2 heterocycles. The molecule has 0 bridgehead atoms. The number of nitrogens with two attached hydrogens (primary N) is 1. The Bertz CT molecular complexity index is 1440. The van der Waals surface area contributed by atoms with E-state index in [1.165, 1.54) is 18.4 Å². The van der Waals surface area contributed by atoms with Gasteiger partial charge in [0.05, 0.1) is 11.1 Å². The average Bonchev–Trinajstić information content (AvgIpc) is 3.30. The van der Waals surface area contributed by atoms with Gasteiger partial charge in [-0.05, 0) is 55.5 Å². The molecule has 36 heavy (non-hydrogen) atoms. The molecule has 10 heteroatoms. The summed E-state index contributed by atoms with van der Waals surface area (Å²) in [5, 5.41) is 11.6. The number of fused-ring (bicyclic) bond motifs is 1. The fourth-order valence-electron chi connectivity index (χ4n) is 4.49. The Morgan fingerprint density at radius 3 is 2.36 bits per heavy atom. The first kappa shape index (κ1) is 24.2. The maximum Gasteiger partial charge on any atom is 0.242 e. The molecule has 0 amide bonds. The van der Waals surface area contributed by atoms with Crippen LogP contribution in [0.1, 0.15) is 25.7 Å². The van der Waals surface area contributed by atoms with Crippen LogP contribution in [0.15, 0.2) is 71.8 Å². The lowest BCUT2D eigenvalue weighted by Gasteiger charge is -2.27. The first-order valence-electron chi connectivity index (χ1n) is 12.1. The van der Waals surface area contributed by atoms with Crippen LogP contribution in [-0.2, 0) is 10.0 Å². The van der Waals surface area contributed by atoms with Crippen LogP contribution in [0.25, 0.3) is 16.8 Å². The molecule has 2 aromatic carbocycles. The molecule has 0 spiro atoms. The highest BCUT2D eigenvalue weighted by Crippen LogP contribution is 2.30. The summed E-state index contributed by atoms with van der Waals surface area (Å²) in [6.07, 6.45) is 5.82. The number of benzene rings is 2. The number of anilines is 3. The smallest absolute Gasteiger partial charge is 0.242 e. The zero-order chi connectivity index (χ0) is 25.3. The Balaban J connectivity index is 1.51. The molecule has 1 saturated carbocycles. The van der Waals surface area contributed by atoms with E-state index in [4.69, 9.17) is 10.7 Å². The quantitative estimate of drug-likeness (QED) is 0.346. The van der Waals surface area contributed by atoms with Crippen LogP contribution in [0.4, 0.5) is 17.3 Å². The van der Waals surface area contributed by atoms with Crippen LogP contribution in [-0.4, -0.2) is 53.5 Å². The first-order valence-corrected chi connectivity index (χ1v) is 13.5. The van der Waals surface area contributed by atoms with Crippen LogP contribution in [0, 0.1) is 0 Å². The number of rotatable bonds is 7. The third kappa shape index (κ3) is 4.92. The van der Waals surface area contributed by atoms with Gasteiger partial charge in [0.1, 0.15) is 11.6 Å². The maximum atomic E-state index is 12.4. The lowest BCUT2D eigenvalue weighted by molar-refractivity contribution is 0.410. The van der Waals surface area contributed by atoms with Crippen LogP contribution in [0.5, 0.6) is 0 Å². The highest BCUT2D eigenvalue weighted by molar-refractivity contribution is 7.89. The van der Waals surface area contributed by atoms with E-state index in [-0.39, 0.29) is 10.9 Å². The zero-order valence-electron chi connectivity index (χ0n) is 20.4. The van der Waals surface area contributed by atoms with Crippen LogP contribution < -0.4 is 16.4 Å². The van der Waals surface area contributed by atoms with Crippen molar-refractivity contribution in [2.24, 2.45) is 5.73 Å². The number of aromatic nitrogens is 3. The molecule has 2 aromatic heterocycles. The van der Waals surface area contributed by atoms with E-state index in [9.17, 15) is 8.42 Å². The summed E-state index contributed by atoms with van der Waals surface area (Å²) < 4.78 is 27.8. The fourth-order valence-corrected chi connectivity index (χ4v) is 5.39. The van der Waals surface area contributed by atoms with E-state index >= 15 is 0 Å². The molecule has 4 N–H and O–H groups in total. The van der Waals surface area contributed by atoms with Gasteiger partial charge in [-0.2, -0.15) is 9.61 Å². The number of hydrogen-bond donors (Lipinski definition) is 3. The van der Waals surface area contributed by atoms with E-state index < -0.39 is 10.0 Å². The minimum atomic E-state index is -3.50. The van der Waals surface area contributed by atoms with Crippen molar-refractivity contribution in [1.82, 2.24) is 18.9 Å². The number of sulfonamides is 1. The molecule has 0 unspecified atom stereocenters. The molecule has 4 aromatic rings. The lowest BCUT2D eigenvalue weighted by Crippen LogP contribution is -2.33. The summed E-state index contributed by atoms with van der Waals surface area (Å²) >= 11 is 0. The second kappa shape index (κ2) is 9.88. The molecule has 188 valence electrons. The molecule has 0 radical (unpaired) electrons. The highest BCUT2D eigenvalue weighted by atomic mass is 32.2. The third-order valence-electron chi connectivity index (χ3n) is 6.59. The molecule has 9 nitrogen and oxygen atoms in total. The lowest BCUT2D eigenvalue weighted by atomic mass is 9.92. The van der Waals surface area contributed by atoms with E-state index in [2.05, 4.69) is 15.7 Å². The monoisotopic (exact) mass is 505 g/mol. The van der Waals surface area contributed by atoms with Crippen molar-refractivity contribution in [3.63, 3.8) is 0 Å². The van der Waals surface area contributed by atoms with Crippen molar-refractivity contribution >= 4 is 33.0 Å². The molecule has 1 fully saturated rings. The van der Waals surface area contributed by atoms with Gasteiger partial charge in [-0.15, -0.1) is 0 Å². The van der Waals surface area contributed by atoms with Crippen molar-refractivity contribution in [3.8, 4) is 11.1 Å². The summed E-state index contributed by atoms with van der Waals surface area (Å²) in [4.78, 5) is 5.16. The number of nitrogens with zero attached hydrogens (tertiary/aromatic N) is 4. The van der Waals surface area contributed by atoms with Crippen molar-refractivity contribution < 1.29 is 8.42 Å². The molecular formula is C26H31N7O2S. The van der Waals surface area contributed by atoms with E-state index in [1.807, 2.05) is 42.6 Å². The highest BCUT2D eigenvalue weighted by Gasteiger charge is 2.21. The van der Waals surface area contributed by atoms with E-state index in [1.54, 1.807) is 28.8 Å². The Labute approximate surface area is 211 Å². The molecule has 0 aliphatic heterocycles. The van der Waals surface area contributed by atoms with Gasteiger partial charge < -0.3 is 16.4 Å². The minimum Gasteiger partial charge on any atom is -0.367 e. The van der Waals surface area contributed by atoms with Gasteiger partial charge >= 0.3 is 0 Å². The van der Waals surface area contributed by atoms with Gasteiger partial charge in [0.15, 0.2) is 5.65 Å². The second-order valence-electron chi connectivity index (χ2n) is 9.38. The predicted molar refractivity (Wildman–Crippen MR) is 143 cm³/mol. The fraction of sp³-hybridized carbons (Fsp3) is 0.308. The van der Waals surface area contributed by atoms with E-state index in [0.29, 0.717) is 6.04 Å². The Morgan fingerprint density at radius 2 is 1.69 bits per heavy atom. The summed E-state index contributed by atoms with van der Waals surface area (Å²) in [5.74, 6) is 1.48. The predicted octanol–water partition coefficient (Wildman–Crippen LogP) is 4.07. The maximum absolute atomic E-state index is 12.4. The zero-order valence-corrected chi connectivity index (χ0v) is 21.2. The summed E-state index contributed by atoms with van der Waals surface area (Å²) in [6.45, 7) is 0. The van der Waals surface area contributed by atoms with Crippen LogP contribution >= 0.6 is 0 Å². The normalized spacial score (nSPS) is 18.4. The van der Waals surface area contributed by atoms with Gasteiger partial charge in [-0.3, -0.25) is 0 Å². The second-order valence-corrected chi connectivity index (χ2v) is 11.5. The van der Waals surface area contributed by atoms with Crippen molar-refractivity contribution in [2.45, 2.75) is 42.7 Å². The largest absolute Gasteiger partial charge is 0.367 e. The van der Waals surface area contributed by atoms with Gasteiger partial charge in [0.2, 0.25) is 10.0 Å². The minimum absolute atomic E-state index is 0.237. The van der Waals surface area contributed by atoms with Gasteiger partial charge in [-0.1, -0.05) is 30.3 Å². The SMILES string of the molecule is CN(C)S(=O)(=O)c1ccc(Nc2cc(N[C@H]3CC[C@H](N)CC3)nc3c(-c4ccccc4)cnn23)cc1. The summed E-state index contributed by atoms with van der Waals surface area (Å²) in [6, 6.07) is 19.3. The van der Waals surface area contributed by atoms with Gasteiger partial charge in [0.25, 0.3) is 0 Å². The van der Waals surface area contributed by atoms with Crippen molar-refractivity contribution in [2.75, 3.05) is 24.7 Å². The molecule has 5 rings (SSSR count). The Hall–Kier alpha value is -3.47. The Morgan fingerprint density at radius 1 is 1.00 bits per heavy atom. The Kier molecular flexibility index (Phi) is 6.65. The van der Waals surface area contributed by atoms with Crippen molar-refractivity contribution in [1.29, 1.82) is 0 Å². The van der Waals surface area contributed by atoms with Gasteiger partial charge in [0, 0.05) is 43.5 Å². The standard InChI is InChI=1S/C26H31N7O2S/c1-32(2)36(34,35)22-14-12-21(13-15-22)30-25-16-24(29-20-10-8-19(27)9-11-20)31-26-23(17-28-33(25)26)18-6-4-3-5-7-18/h3-7,12-17,19-20,30H,8-11,27H2,1-2H3,(H,29,31)/t19-,20-. The van der Waals surface area contributed by atoms with Gasteiger partial charge in [-0.25, -0.2) is 17.7 Å². The topological polar surface area (TPSA) is 118 Å². The van der Waals surface area contributed by atoms with Crippen molar-refractivity contribution in [3.05, 3.63) is 66.9 Å². The number of nitrogens with one attached hydrogen (secondary N) is 2. The van der Waals surface area contributed by atoms with Crippen LogP contribution in [0.2, 0.25) is 0 Å². The van der Waals surface area contributed by atoms with E-state index in [0.717, 1.165) is 59.8 Å². The molecular weight excluding hydrogens is 474 g/mol. The molecule has 0 atom stereocenters. The summed E-state index contributed by atoms with van der Waals surface area (Å²) in [7, 11) is -0.457. The van der Waals surface area contributed by atoms with Crippen LogP contribution in [0.3, 0.4) is 0 Å². The first-order chi connectivity index (χ1) is 17.3. The average molecular weight is 506 g/mol. The molecule has 1 aliphatic carbocycles. The summed E-state index contributed by atoms with van der Waals surface area (Å²) in [5.41, 5.74) is 9.53. The number of hydrogen-bond acceptors (Lipinski definition) is 7. The molecule has 0 saturated heterocycles. The third-order valence-corrected chi connectivity index (χ3v) is 8.42. The molecule has 1 aliphatic rings.